The van der Waals surface area contributed by atoms with E-state index < -0.39 is 0 Å². The molecule has 0 radical (unpaired) electrons. The molecule has 6 heteroatoms. The predicted octanol–water partition coefficient (Wildman–Crippen LogP) is 5.06. The smallest absolute Gasteiger partial charge is 0.231 e. The van der Waals surface area contributed by atoms with Gasteiger partial charge in [-0.2, -0.15) is 0 Å². The highest BCUT2D eigenvalue weighted by molar-refractivity contribution is 9.10. The summed E-state index contributed by atoms with van der Waals surface area (Å²) >= 11 is 15.4. The van der Waals surface area contributed by atoms with E-state index in [-0.39, 0.29) is 6.79 Å². The normalized spacial score (nSPS) is 12.6. The largest absolute Gasteiger partial charge is 0.487 e. The van der Waals surface area contributed by atoms with Crippen LogP contribution >= 0.6 is 39.1 Å². The van der Waals surface area contributed by atoms with Gasteiger partial charge in [0.1, 0.15) is 12.4 Å². The first kappa shape index (κ1) is 13.9. The van der Waals surface area contributed by atoms with Crippen molar-refractivity contribution in [2.24, 2.45) is 0 Å². The van der Waals surface area contributed by atoms with Gasteiger partial charge in [0, 0.05) is 15.1 Å². The van der Waals surface area contributed by atoms with E-state index in [9.17, 15) is 0 Å². The van der Waals surface area contributed by atoms with Gasteiger partial charge in [0.2, 0.25) is 6.79 Å². The minimum absolute atomic E-state index is 0.245. The summed E-state index contributed by atoms with van der Waals surface area (Å²) in [4.78, 5) is 0. The summed E-state index contributed by atoms with van der Waals surface area (Å²) in [7, 11) is 0. The Balaban J connectivity index is 1.78. The number of fused-ring (bicyclic) bond motifs is 1. The van der Waals surface area contributed by atoms with Gasteiger partial charge in [0.05, 0.1) is 5.02 Å². The van der Waals surface area contributed by atoms with Gasteiger partial charge < -0.3 is 14.2 Å². The highest BCUT2D eigenvalue weighted by atomic mass is 79.9. The van der Waals surface area contributed by atoms with E-state index in [2.05, 4.69) is 15.9 Å². The number of hydrogen-bond donors (Lipinski definition) is 0. The van der Waals surface area contributed by atoms with Crippen molar-refractivity contribution in [2.45, 2.75) is 6.61 Å². The minimum atomic E-state index is 0.245. The first-order valence-electron chi connectivity index (χ1n) is 5.79. The molecule has 0 unspecified atom stereocenters. The molecule has 0 aliphatic carbocycles. The molecule has 3 nitrogen and oxygen atoms in total. The Morgan fingerprint density at radius 3 is 2.60 bits per heavy atom. The van der Waals surface area contributed by atoms with Gasteiger partial charge in [-0.1, -0.05) is 39.1 Å². The standard InChI is InChI=1S/C14H9BrCl2O3/c15-10-5-14-13(19-7-20-14)3-8(10)6-18-12-2-1-9(16)4-11(12)17/h1-5H,6-7H2. The molecule has 20 heavy (non-hydrogen) atoms. The van der Waals surface area contributed by atoms with Crippen molar-refractivity contribution in [1.82, 2.24) is 0 Å². The summed E-state index contributed by atoms with van der Waals surface area (Å²) in [6, 6.07) is 8.87. The Labute approximate surface area is 134 Å². The van der Waals surface area contributed by atoms with Crippen LogP contribution in [-0.4, -0.2) is 6.79 Å². The average Bonchev–Trinajstić information content (AvgIpc) is 2.84. The maximum absolute atomic E-state index is 6.06. The van der Waals surface area contributed by atoms with Crippen LogP contribution in [0.25, 0.3) is 0 Å². The summed E-state index contributed by atoms with van der Waals surface area (Å²) in [5.74, 6) is 2.03. The molecule has 2 aromatic rings. The lowest BCUT2D eigenvalue weighted by Crippen LogP contribution is -1.97. The van der Waals surface area contributed by atoms with Crippen LogP contribution in [0.4, 0.5) is 0 Å². The van der Waals surface area contributed by atoms with E-state index in [1.165, 1.54) is 0 Å². The van der Waals surface area contributed by atoms with Crippen LogP contribution in [0.5, 0.6) is 17.2 Å². The molecule has 1 aliphatic heterocycles. The van der Waals surface area contributed by atoms with Gasteiger partial charge in [-0.25, -0.2) is 0 Å². The molecule has 0 aromatic heterocycles. The molecule has 0 amide bonds. The van der Waals surface area contributed by atoms with Crippen LogP contribution in [0.1, 0.15) is 5.56 Å². The molecule has 2 aromatic carbocycles. The fourth-order valence-corrected chi connectivity index (χ4v) is 2.72. The van der Waals surface area contributed by atoms with Crippen LogP contribution < -0.4 is 14.2 Å². The third-order valence-electron chi connectivity index (χ3n) is 2.82. The number of rotatable bonds is 3. The molecule has 0 N–H and O–H groups in total. The Morgan fingerprint density at radius 1 is 1.10 bits per heavy atom. The van der Waals surface area contributed by atoms with Crippen LogP contribution in [0.2, 0.25) is 10.0 Å². The Kier molecular flexibility index (Phi) is 3.96. The Bertz CT molecular complexity index is 661. The van der Waals surface area contributed by atoms with Crippen molar-refractivity contribution in [2.75, 3.05) is 6.79 Å². The number of halogens is 3. The topological polar surface area (TPSA) is 27.7 Å². The summed E-state index contributed by atoms with van der Waals surface area (Å²) in [6.07, 6.45) is 0. The monoisotopic (exact) mass is 374 g/mol. The fourth-order valence-electron chi connectivity index (χ4n) is 1.82. The maximum atomic E-state index is 6.06. The molecule has 0 fully saturated rings. The molecular formula is C14H9BrCl2O3. The van der Waals surface area contributed by atoms with Crippen LogP contribution in [0.15, 0.2) is 34.8 Å². The average molecular weight is 376 g/mol. The number of ether oxygens (including phenoxy) is 3. The van der Waals surface area contributed by atoms with E-state index in [1.807, 2.05) is 12.1 Å². The third-order valence-corrected chi connectivity index (χ3v) is 4.09. The zero-order valence-electron chi connectivity index (χ0n) is 10.2. The molecule has 0 saturated carbocycles. The van der Waals surface area contributed by atoms with Crippen LogP contribution in [0, 0.1) is 0 Å². The molecule has 1 heterocycles. The summed E-state index contributed by atoms with van der Waals surface area (Å²) < 4.78 is 17.2. The number of hydrogen-bond acceptors (Lipinski definition) is 3. The van der Waals surface area contributed by atoms with E-state index >= 15 is 0 Å². The molecule has 3 rings (SSSR count). The second kappa shape index (κ2) is 5.72. The lowest BCUT2D eigenvalue weighted by atomic mass is 10.2. The molecular weight excluding hydrogens is 367 g/mol. The molecule has 0 bridgehead atoms. The van der Waals surface area contributed by atoms with Gasteiger partial charge in [-0.3, -0.25) is 0 Å². The predicted molar refractivity (Wildman–Crippen MR) is 81.1 cm³/mol. The quantitative estimate of drug-likeness (QED) is 0.750. The summed E-state index contributed by atoms with van der Waals surface area (Å²) in [5, 5.41) is 1.06. The highest BCUT2D eigenvalue weighted by Crippen LogP contribution is 2.37. The van der Waals surface area contributed by atoms with E-state index in [0.29, 0.717) is 28.2 Å². The molecule has 0 atom stereocenters. The zero-order valence-corrected chi connectivity index (χ0v) is 13.3. The number of benzene rings is 2. The second-order valence-corrected chi connectivity index (χ2v) is 5.86. The molecule has 0 saturated heterocycles. The van der Waals surface area contributed by atoms with Crippen LogP contribution in [0.3, 0.4) is 0 Å². The first-order chi connectivity index (χ1) is 9.63. The third kappa shape index (κ3) is 2.82. The first-order valence-corrected chi connectivity index (χ1v) is 7.34. The van der Waals surface area contributed by atoms with Crippen molar-refractivity contribution in [3.05, 3.63) is 50.4 Å². The fraction of sp³-hybridized carbons (Fsp3) is 0.143. The molecule has 104 valence electrons. The molecule has 1 aliphatic rings. The maximum Gasteiger partial charge on any atom is 0.231 e. The van der Waals surface area contributed by atoms with Crippen molar-refractivity contribution >= 4 is 39.1 Å². The lowest BCUT2D eigenvalue weighted by molar-refractivity contribution is 0.174. The van der Waals surface area contributed by atoms with E-state index in [1.54, 1.807) is 18.2 Å². The van der Waals surface area contributed by atoms with Gasteiger partial charge in [0.15, 0.2) is 11.5 Å². The van der Waals surface area contributed by atoms with Crippen molar-refractivity contribution in [3.8, 4) is 17.2 Å². The van der Waals surface area contributed by atoms with E-state index in [4.69, 9.17) is 37.4 Å². The molecule has 0 spiro atoms. The lowest BCUT2D eigenvalue weighted by Gasteiger charge is -2.10. The van der Waals surface area contributed by atoms with Crippen molar-refractivity contribution in [3.63, 3.8) is 0 Å². The second-order valence-electron chi connectivity index (χ2n) is 4.16. The zero-order chi connectivity index (χ0) is 14.1. The Hall–Kier alpha value is -1.10. The van der Waals surface area contributed by atoms with E-state index in [0.717, 1.165) is 15.8 Å². The minimum Gasteiger partial charge on any atom is -0.487 e. The Morgan fingerprint density at radius 2 is 1.85 bits per heavy atom. The van der Waals surface area contributed by atoms with Gasteiger partial charge in [-0.05, 0) is 30.3 Å². The SMILES string of the molecule is Clc1ccc(OCc2cc3c(cc2Br)OCO3)c(Cl)c1. The van der Waals surface area contributed by atoms with Gasteiger partial charge in [0.25, 0.3) is 0 Å². The van der Waals surface area contributed by atoms with Crippen LogP contribution in [-0.2, 0) is 6.61 Å². The van der Waals surface area contributed by atoms with Gasteiger partial charge in [-0.15, -0.1) is 0 Å². The highest BCUT2D eigenvalue weighted by Gasteiger charge is 2.16. The summed E-state index contributed by atoms with van der Waals surface area (Å²) in [5.41, 5.74) is 0.945. The van der Waals surface area contributed by atoms with Gasteiger partial charge >= 0.3 is 0 Å². The van der Waals surface area contributed by atoms with Crippen molar-refractivity contribution < 1.29 is 14.2 Å². The summed E-state index contributed by atoms with van der Waals surface area (Å²) in [6.45, 7) is 0.605. The van der Waals surface area contributed by atoms with Crippen molar-refractivity contribution in [1.29, 1.82) is 0 Å².